The Bertz CT molecular complexity index is 1410. The molecule has 3 aliphatic heterocycles. The summed E-state index contributed by atoms with van der Waals surface area (Å²) in [6, 6.07) is 12.2. The maximum absolute atomic E-state index is 14.3. The first-order valence-electron chi connectivity index (χ1n) is 14.4. The van der Waals surface area contributed by atoms with E-state index < -0.39 is 29.1 Å². The molecule has 2 aromatic carbocycles. The van der Waals surface area contributed by atoms with Crippen LogP contribution < -0.4 is 10.6 Å². The minimum Gasteiger partial charge on any atom is -0.356 e. The molecule has 216 valence electrons. The summed E-state index contributed by atoms with van der Waals surface area (Å²) in [7, 11) is 0. The van der Waals surface area contributed by atoms with E-state index in [0.29, 0.717) is 28.7 Å². The number of fused-ring (bicyclic) bond motifs is 1. The number of benzene rings is 2. The molecule has 7 nitrogen and oxygen atoms in total. The summed E-state index contributed by atoms with van der Waals surface area (Å²) >= 11 is 12.2. The van der Waals surface area contributed by atoms with Gasteiger partial charge in [-0.1, -0.05) is 84.4 Å². The average Bonchev–Trinajstić information content (AvgIpc) is 3.51. The topological polar surface area (TPSA) is 87.7 Å². The molecule has 3 fully saturated rings. The van der Waals surface area contributed by atoms with E-state index in [0.717, 1.165) is 36.8 Å². The molecule has 3 heterocycles. The van der Waals surface area contributed by atoms with Crippen LogP contribution in [0.1, 0.15) is 50.2 Å². The number of anilines is 1. The number of hydrogen-bond acceptors (Lipinski definition) is 4. The lowest BCUT2D eigenvalue weighted by atomic mass is 9.70. The smallest absolute Gasteiger partial charge is 0.246 e. The van der Waals surface area contributed by atoms with Crippen LogP contribution in [-0.2, 0) is 25.5 Å². The van der Waals surface area contributed by atoms with Gasteiger partial charge in [0.2, 0.25) is 17.7 Å². The number of carbonyl (C=O) groups excluding carboxylic acids is 3. The highest BCUT2D eigenvalue weighted by molar-refractivity contribution is 6.42. The predicted molar refractivity (Wildman–Crippen MR) is 159 cm³/mol. The number of ether oxygens (including phenoxy) is 1. The Morgan fingerprint density at radius 3 is 2.44 bits per heavy atom. The molecule has 2 bridgehead atoms. The Hall–Kier alpha value is -2.87. The van der Waals surface area contributed by atoms with Crippen LogP contribution in [0.5, 0.6) is 0 Å². The lowest BCUT2D eigenvalue weighted by molar-refractivity contribution is -0.144. The molecule has 2 aromatic rings. The molecule has 1 saturated carbocycles. The Balaban J connectivity index is 1.32. The van der Waals surface area contributed by atoms with Crippen molar-refractivity contribution in [2.75, 3.05) is 11.9 Å². The van der Waals surface area contributed by atoms with E-state index in [9.17, 15) is 14.4 Å². The van der Waals surface area contributed by atoms with E-state index in [4.69, 9.17) is 27.9 Å². The van der Waals surface area contributed by atoms with Crippen LogP contribution in [0, 0.1) is 18.8 Å². The highest BCUT2D eigenvalue weighted by atomic mass is 35.5. The third-order valence-electron chi connectivity index (χ3n) is 9.23. The van der Waals surface area contributed by atoms with Crippen molar-refractivity contribution in [2.24, 2.45) is 11.8 Å². The standard InChI is InChI=1S/C32H35Cl2N3O4/c1-19-8-10-20(11-9-19)14-17-37-27(29(39)35-21-6-4-3-5-7-21)32-16-15-31(2,41-32)25(26(32)30(37)40)28(38)36-22-12-13-23(33)24(34)18-22/h8-13,15-16,18,21,25-27H,3-7,14,17H2,1-2H3,(H,35,39)(H,36,38). The Morgan fingerprint density at radius 2 is 1.73 bits per heavy atom. The second-order valence-electron chi connectivity index (χ2n) is 12.1. The summed E-state index contributed by atoms with van der Waals surface area (Å²) in [5, 5.41) is 6.85. The van der Waals surface area contributed by atoms with Crippen molar-refractivity contribution < 1.29 is 19.1 Å². The fourth-order valence-electron chi connectivity index (χ4n) is 7.20. The maximum Gasteiger partial charge on any atom is 0.246 e. The van der Waals surface area contributed by atoms with E-state index in [1.54, 1.807) is 23.1 Å². The molecule has 6 rings (SSSR count). The molecule has 1 spiro atoms. The van der Waals surface area contributed by atoms with Gasteiger partial charge >= 0.3 is 0 Å². The van der Waals surface area contributed by atoms with Crippen molar-refractivity contribution in [3.05, 3.63) is 75.8 Å². The number of likely N-dealkylation sites (tertiary alicyclic amines) is 1. The second kappa shape index (κ2) is 10.8. The fraction of sp³-hybridized carbons (Fsp3) is 0.469. The average molecular weight is 597 g/mol. The molecule has 5 unspecified atom stereocenters. The SMILES string of the molecule is Cc1ccc(CCN2C(=O)C3C(C(=O)Nc4ccc(Cl)c(Cl)c4)C4(C)C=CC3(O4)C2C(=O)NC2CCCCC2)cc1. The van der Waals surface area contributed by atoms with Gasteiger partial charge in [0.15, 0.2) is 0 Å². The van der Waals surface area contributed by atoms with Crippen molar-refractivity contribution in [2.45, 2.75) is 75.7 Å². The van der Waals surface area contributed by atoms with E-state index in [1.807, 2.05) is 50.3 Å². The van der Waals surface area contributed by atoms with Crippen LogP contribution in [0.2, 0.25) is 10.0 Å². The van der Waals surface area contributed by atoms with Gasteiger partial charge in [0, 0.05) is 18.3 Å². The zero-order valence-corrected chi connectivity index (χ0v) is 24.8. The number of rotatable bonds is 7. The largest absolute Gasteiger partial charge is 0.356 e. The molecule has 2 N–H and O–H groups in total. The van der Waals surface area contributed by atoms with Gasteiger partial charge < -0.3 is 20.3 Å². The summed E-state index contributed by atoms with van der Waals surface area (Å²) in [5.41, 5.74) is 0.446. The highest BCUT2D eigenvalue weighted by Gasteiger charge is 2.76. The first kappa shape index (κ1) is 28.3. The van der Waals surface area contributed by atoms with Crippen LogP contribution in [0.25, 0.3) is 0 Å². The number of hydrogen-bond donors (Lipinski definition) is 2. The zero-order chi connectivity index (χ0) is 28.9. The highest BCUT2D eigenvalue weighted by Crippen LogP contribution is 2.59. The molecule has 4 aliphatic rings. The maximum atomic E-state index is 14.3. The van der Waals surface area contributed by atoms with Crippen LogP contribution in [0.4, 0.5) is 5.69 Å². The molecule has 9 heteroatoms. The van der Waals surface area contributed by atoms with Crippen molar-refractivity contribution in [3.63, 3.8) is 0 Å². The Labute approximate surface area is 250 Å². The number of carbonyl (C=O) groups is 3. The quantitative estimate of drug-likeness (QED) is 0.415. The van der Waals surface area contributed by atoms with Gasteiger partial charge in [-0.25, -0.2) is 0 Å². The van der Waals surface area contributed by atoms with Gasteiger partial charge in [0.05, 0.1) is 27.5 Å². The van der Waals surface area contributed by atoms with Crippen molar-refractivity contribution in [3.8, 4) is 0 Å². The monoisotopic (exact) mass is 595 g/mol. The van der Waals surface area contributed by atoms with Crippen LogP contribution in [0.3, 0.4) is 0 Å². The van der Waals surface area contributed by atoms with Gasteiger partial charge in [-0.3, -0.25) is 14.4 Å². The number of halogens is 2. The van der Waals surface area contributed by atoms with Gasteiger partial charge in [-0.15, -0.1) is 0 Å². The molecule has 0 radical (unpaired) electrons. The van der Waals surface area contributed by atoms with E-state index in [1.165, 1.54) is 6.42 Å². The van der Waals surface area contributed by atoms with Gasteiger partial charge in [-0.2, -0.15) is 0 Å². The Kier molecular flexibility index (Phi) is 7.41. The Morgan fingerprint density at radius 1 is 1.00 bits per heavy atom. The van der Waals surface area contributed by atoms with Gasteiger partial charge in [-0.05, 0) is 56.9 Å². The molecular weight excluding hydrogens is 561 g/mol. The van der Waals surface area contributed by atoms with Crippen molar-refractivity contribution in [1.29, 1.82) is 0 Å². The lowest BCUT2D eigenvalue weighted by Gasteiger charge is -2.34. The third kappa shape index (κ3) is 4.96. The fourth-order valence-corrected chi connectivity index (χ4v) is 7.49. The van der Waals surface area contributed by atoms with Crippen LogP contribution in [-0.4, -0.2) is 52.5 Å². The minimum absolute atomic E-state index is 0.0765. The van der Waals surface area contributed by atoms with Gasteiger partial charge in [0.1, 0.15) is 11.6 Å². The van der Waals surface area contributed by atoms with Crippen molar-refractivity contribution >= 4 is 46.6 Å². The molecule has 1 aliphatic carbocycles. The minimum atomic E-state index is -1.22. The number of nitrogens with one attached hydrogen (secondary N) is 2. The summed E-state index contributed by atoms with van der Waals surface area (Å²) < 4.78 is 6.63. The van der Waals surface area contributed by atoms with Gasteiger partial charge in [0.25, 0.3) is 0 Å². The summed E-state index contributed by atoms with van der Waals surface area (Å²) in [4.78, 5) is 43.8. The first-order valence-corrected chi connectivity index (χ1v) is 15.2. The molecule has 41 heavy (non-hydrogen) atoms. The van der Waals surface area contributed by atoms with Crippen LogP contribution in [0.15, 0.2) is 54.6 Å². The summed E-state index contributed by atoms with van der Waals surface area (Å²) in [6.07, 6.45) is 9.46. The number of nitrogens with zero attached hydrogens (tertiary/aromatic N) is 1. The summed E-state index contributed by atoms with van der Waals surface area (Å²) in [6.45, 7) is 4.19. The molecule has 0 aromatic heterocycles. The summed E-state index contributed by atoms with van der Waals surface area (Å²) in [5.74, 6) is -2.47. The van der Waals surface area contributed by atoms with E-state index in [-0.39, 0.29) is 23.8 Å². The molecule has 5 atom stereocenters. The lowest BCUT2D eigenvalue weighted by Crippen LogP contribution is -2.57. The normalized spacial score (nSPS) is 30.5. The number of amides is 3. The zero-order valence-electron chi connectivity index (χ0n) is 23.3. The van der Waals surface area contributed by atoms with Crippen LogP contribution >= 0.6 is 23.2 Å². The first-order chi connectivity index (χ1) is 19.6. The molecule has 3 amide bonds. The van der Waals surface area contributed by atoms with E-state index >= 15 is 0 Å². The molecular formula is C32H35Cl2N3O4. The molecule has 2 saturated heterocycles. The second-order valence-corrected chi connectivity index (χ2v) is 12.9. The number of aryl methyl sites for hydroxylation is 1. The van der Waals surface area contributed by atoms with Crippen molar-refractivity contribution in [1.82, 2.24) is 10.2 Å². The van der Waals surface area contributed by atoms with E-state index in [2.05, 4.69) is 10.6 Å². The predicted octanol–water partition coefficient (Wildman–Crippen LogP) is 5.47. The third-order valence-corrected chi connectivity index (χ3v) is 9.97.